The zero-order chi connectivity index (χ0) is 13.6. The quantitative estimate of drug-likeness (QED) is 0.854. The third kappa shape index (κ3) is 1.95. The molecule has 0 saturated heterocycles. The molecule has 0 N–H and O–H groups in total. The van der Waals surface area contributed by atoms with Crippen LogP contribution in [0.25, 0.3) is 0 Å². The van der Waals surface area contributed by atoms with E-state index < -0.39 is 15.8 Å². The Morgan fingerprint density at radius 2 is 2.05 bits per heavy atom. The summed E-state index contributed by atoms with van der Waals surface area (Å²) in [5.41, 5.74) is 0.949. The van der Waals surface area contributed by atoms with E-state index in [1.807, 2.05) is 6.92 Å². The van der Waals surface area contributed by atoms with E-state index in [1.165, 1.54) is 21.7 Å². The molecule has 3 rings (SSSR count). The van der Waals surface area contributed by atoms with E-state index in [-0.39, 0.29) is 9.90 Å². The van der Waals surface area contributed by atoms with Crippen LogP contribution >= 0.6 is 11.3 Å². The second-order valence-electron chi connectivity index (χ2n) is 4.44. The van der Waals surface area contributed by atoms with Crippen LogP contribution in [-0.4, -0.2) is 15.0 Å². The van der Waals surface area contributed by atoms with Crippen molar-refractivity contribution in [2.75, 3.05) is 10.8 Å². The third-order valence-electron chi connectivity index (χ3n) is 3.16. The van der Waals surface area contributed by atoms with E-state index in [4.69, 9.17) is 0 Å². The molecule has 3 nitrogen and oxygen atoms in total. The van der Waals surface area contributed by atoms with Crippen molar-refractivity contribution in [3.63, 3.8) is 0 Å². The number of sulfonamides is 1. The summed E-state index contributed by atoms with van der Waals surface area (Å²) in [4.78, 5) is 0.923. The van der Waals surface area contributed by atoms with E-state index in [0.717, 1.165) is 10.4 Å². The predicted molar refractivity (Wildman–Crippen MR) is 73.7 cm³/mol. The van der Waals surface area contributed by atoms with Crippen molar-refractivity contribution >= 4 is 27.0 Å². The first-order chi connectivity index (χ1) is 9.00. The van der Waals surface area contributed by atoms with Crippen molar-refractivity contribution in [2.45, 2.75) is 17.6 Å². The second-order valence-corrected chi connectivity index (χ2v) is 7.82. The third-order valence-corrected chi connectivity index (χ3v) is 6.43. The molecule has 0 atom stereocenters. The number of para-hydroxylation sites is 1. The maximum Gasteiger partial charge on any atom is 0.273 e. The van der Waals surface area contributed by atoms with Gasteiger partial charge in [-0.15, -0.1) is 11.3 Å². The Hall–Kier alpha value is -1.40. The Balaban J connectivity index is 2.11. The number of fused-ring (bicyclic) bond motifs is 1. The topological polar surface area (TPSA) is 37.4 Å². The highest BCUT2D eigenvalue weighted by molar-refractivity contribution is 7.94. The summed E-state index contributed by atoms with van der Waals surface area (Å²) in [5.74, 6) is -0.480. The van der Waals surface area contributed by atoms with Crippen LogP contribution < -0.4 is 4.31 Å². The second kappa shape index (κ2) is 4.31. The van der Waals surface area contributed by atoms with Crippen molar-refractivity contribution in [1.29, 1.82) is 0 Å². The molecule has 0 aliphatic carbocycles. The smallest absolute Gasteiger partial charge is 0.262 e. The molecule has 1 aromatic heterocycles. The van der Waals surface area contributed by atoms with Gasteiger partial charge in [-0.05, 0) is 37.1 Å². The first kappa shape index (κ1) is 12.6. The molecular weight excluding hydrogens is 285 g/mol. The van der Waals surface area contributed by atoms with Crippen molar-refractivity contribution < 1.29 is 12.8 Å². The maximum absolute atomic E-state index is 13.9. The lowest BCUT2D eigenvalue weighted by Gasteiger charge is -2.18. The van der Waals surface area contributed by atoms with E-state index in [1.54, 1.807) is 24.3 Å². The lowest BCUT2D eigenvalue weighted by atomic mass is 10.2. The Labute approximate surface area is 115 Å². The largest absolute Gasteiger partial charge is 0.273 e. The van der Waals surface area contributed by atoms with Gasteiger partial charge in [0.1, 0.15) is 10.0 Å². The number of hydrogen-bond acceptors (Lipinski definition) is 3. The fraction of sp³-hybridized carbons (Fsp3) is 0.231. The molecule has 0 spiro atoms. The fourth-order valence-corrected chi connectivity index (χ4v) is 5.18. The fourth-order valence-electron chi connectivity index (χ4n) is 2.27. The normalized spacial score (nSPS) is 14.7. The van der Waals surface area contributed by atoms with E-state index in [0.29, 0.717) is 13.0 Å². The highest BCUT2D eigenvalue weighted by Gasteiger charge is 2.33. The summed E-state index contributed by atoms with van der Waals surface area (Å²) in [6.45, 7) is 2.15. The van der Waals surface area contributed by atoms with Gasteiger partial charge < -0.3 is 0 Å². The average molecular weight is 297 g/mol. The number of halogens is 1. The molecule has 6 heteroatoms. The van der Waals surface area contributed by atoms with Gasteiger partial charge in [0, 0.05) is 11.4 Å². The van der Waals surface area contributed by atoms with Crippen molar-refractivity contribution in [1.82, 2.24) is 0 Å². The van der Waals surface area contributed by atoms with Crippen LogP contribution in [0.1, 0.15) is 10.4 Å². The molecule has 0 radical (unpaired) electrons. The van der Waals surface area contributed by atoms with Gasteiger partial charge in [0.05, 0.1) is 5.69 Å². The minimum absolute atomic E-state index is 0.202. The minimum atomic E-state index is -3.64. The summed E-state index contributed by atoms with van der Waals surface area (Å²) in [6, 6.07) is 8.02. The monoisotopic (exact) mass is 297 g/mol. The molecule has 0 unspecified atom stereocenters. The maximum atomic E-state index is 13.9. The van der Waals surface area contributed by atoms with Gasteiger partial charge in [-0.1, -0.05) is 12.1 Å². The standard InChI is InChI=1S/C13H12FNO2S2/c1-9-5-6-12(18-9)19(16,17)15-8-7-10-3-2-4-11(14)13(10)15/h2-6H,7-8H2,1H3. The van der Waals surface area contributed by atoms with E-state index in [9.17, 15) is 12.8 Å². The van der Waals surface area contributed by atoms with Crippen molar-refractivity contribution in [3.8, 4) is 0 Å². The first-order valence-electron chi connectivity index (χ1n) is 5.87. The van der Waals surface area contributed by atoms with Gasteiger partial charge in [-0.25, -0.2) is 12.8 Å². The van der Waals surface area contributed by atoms with Crippen LogP contribution in [0.5, 0.6) is 0 Å². The molecule has 2 aromatic rings. The SMILES string of the molecule is Cc1ccc(S(=O)(=O)N2CCc3cccc(F)c32)s1. The van der Waals surface area contributed by atoms with Crippen LogP contribution in [0, 0.1) is 12.7 Å². The predicted octanol–water partition coefficient (Wildman–Crippen LogP) is 2.95. The summed E-state index contributed by atoms with van der Waals surface area (Å²) < 4.78 is 40.4. The average Bonchev–Trinajstić information content (AvgIpc) is 2.96. The number of rotatable bonds is 2. The van der Waals surface area contributed by atoms with Gasteiger partial charge in [-0.2, -0.15) is 0 Å². The van der Waals surface area contributed by atoms with Gasteiger partial charge >= 0.3 is 0 Å². The zero-order valence-corrected chi connectivity index (χ0v) is 11.9. The Kier molecular flexibility index (Phi) is 2.87. The Morgan fingerprint density at radius 3 is 2.74 bits per heavy atom. The van der Waals surface area contributed by atoms with Crippen LogP contribution in [0.2, 0.25) is 0 Å². The molecule has 0 fully saturated rings. The molecule has 0 amide bonds. The van der Waals surface area contributed by atoms with E-state index >= 15 is 0 Å². The molecule has 1 aliphatic rings. The van der Waals surface area contributed by atoms with Crippen molar-refractivity contribution in [3.05, 3.63) is 46.6 Å². The van der Waals surface area contributed by atoms with Crippen LogP contribution in [0.15, 0.2) is 34.5 Å². The van der Waals surface area contributed by atoms with Gasteiger partial charge in [0.2, 0.25) is 0 Å². The number of nitrogens with zero attached hydrogens (tertiary/aromatic N) is 1. The minimum Gasteiger partial charge on any atom is -0.262 e. The number of hydrogen-bond donors (Lipinski definition) is 0. The lowest BCUT2D eigenvalue weighted by molar-refractivity contribution is 0.590. The molecule has 1 aromatic carbocycles. The molecule has 0 saturated carbocycles. The van der Waals surface area contributed by atoms with Gasteiger partial charge in [0.25, 0.3) is 10.0 Å². The van der Waals surface area contributed by atoms with E-state index in [2.05, 4.69) is 0 Å². The Bertz CT molecular complexity index is 737. The molecular formula is C13H12FNO2S2. The summed E-state index contributed by atoms with van der Waals surface area (Å²) in [5, 5.41) is 0. The van der Waals surface area contributed by atoms with Crippen LogP contribution in [-0.2, 0) is 16.4 Å². The van der Waals surface area contributed by atoms with Crippen LogP contribution in [0.4, 0.5) is 10.1 Å². The molecule has 19 heavy (non-hydrogen) atoms. The zero-order valence-electron chi connectivity index (χ0n) is 10.3. The highest BCUT2D eigenvalue weighted by atomic mass is 32.2. The summed E-state index contributed by atoms with van der Waals surface area (Å²) in [6.07, 6.45) is 0.552. The number of benzene rings is 1. The van der Waals surface area contributed by atoms with Crippen LogP contribution in [0.3, 0.4) is 0 Å². The molecule has 2 heterocycles. The molecule has 0 bridgehead atoms. The highest BCUT2D eigenvalue weighted by Crippen LogP contribution is 2.36. The summed E-state index contributed by atoms with van der Waals surface area (Å²) in [7, 11) is -3.64. The lowest BCUT2D eigenvalue weighted by Crippen LogP contribution is -2.29. The number of thiophene rings is 1. The number of aryl methyl sites for hydroxylation is 1. The number of anilines is 1. The summed E-state index contributed by atoms with van der Waals surface area (Å²) >= 11 is 1.21. The molecule has 100 valence electrons. The van der Waals surface area contributed by atoms with Gasteiger partial charge in [-0.3, -0.25) is 4.31 Å². The van der Waals surface area contributed by atoms with Crippen molar-refractivity contribution in [2.24, 2.45) is 0 Å². The first-order valence-corrected chi connectivity index (χ1v) is 8.12. The Morgan fingerprint density at radius 1 is 1.26 bits per heavy atom. The van der Waals surface area contributed by atoms with Gasteiger partial charge in [0.15, 0.2) is 0 Å². The molecule has 1 aliphatic heterocycles.